The van der Waals surface area contributed by atoms with Crippen molar-refractivity contribution in [1.82, 2.24) is 0 Å². The molecule has 3 atom stereocenters. The zero-order valence-electron chi connectivity index (χ0n) is 18.3. The van der Waals surface area contributed by atoms with Gasteiger partial charge in [0.1, 0.15) is 0 Å². The fraction of sp³-hybridized carbons (Fsp3) is 0.760. The van der Waals surface area contributed by atoms with Gasteiger partial charge in [0.05, 0.1) is 26.4 Å². The summed E-state index contributed by atoms with van der Waals surface area (Å²) >= 11 is 0. The monoisotopic (exact) mass is 400 g/mol. The molecule has 0 aromatic heterocycles. The number of fused-ring (bicyclic) bond motifs is 1. The van der Waals surface area contributed by atoms with E-state index in [1.54, 1.807) is 0 Å². The van der Waals surface area contributed by atoms with Gasteiger partial charge in [0.25, 0.3) is 0 Å². The van der Waals surface area contributed by atoms with Crippen LogP contribution < -0.4 is 0 Å². The van der Waals surface area contributed by atoms with Gasteiger partial charge in [-0.05, 0) is 68.4 Å². The van der Waals surface area contributed by atoms with Crippen LogP contribution in [0.2, 0.25) is 0 Å². The maximum atomic E-state index is 6.10. The molecule has 2 saturated heterocycles. The average Bonchev–Trinajstić information content (AvgIpc) is 3.42. The van der Waals surface area contributed by atoms with E-state index in [0.717, 1.165) is 52.1 Å². The van der Waals surface area contributed by atoms with Gasteiger partial charge in [0.2, 0.25) is 0 Å². The Labute approximate surface area is 175 Å². The first-order valence-electron chi connectivity index (χ1n) is 11.6. The largest absolute Gasteiger partial charge is 0.348 e. The van der Waals surface area contributed by atoms with Crippen molar-refractivity contribution in [2.24, 2.45) is 17.3 Å². The smallest absolute Gasteiger partial charge is 0.172 e. The zero-order valence-corrected chi connectivity index (χ0v) is 18.3. The van der Waals surface area contributed by atoms with E-state index in [9.17, 15) is 0 Å². The molecule has 160 valence electrons. The van der Waals surface area contributed by atoms with E-state index in [-0.39, 0.29) is 11.2 Å². The van der Waals surface area contributed by atoms with Crippen molar-refractivity contribution in [2.45, 2.75) is 77.3 Å². The maximum absolute atomic E-state index is 6.10. The van der Waals surface area contributed by atoms with E-state index in [2.05, 4.69) is 39.0 Å². The predicted octanol–water partition coefficient (Wildman–Crippen LogP) is 5.30. The Bertz CT molecular complexity index is 736. The van der Waals surface area contributed by atoms with Crippen LogP contribution in [0, 0.1) is 17.3 Å². The normalized spacial score (nSPS) is 38.8. The van der Waals surface area contributed by atoms with Gasteiger partial charge in [-0.1, -0.05) is 30.7 Å². The Kier molecular flexibility index (Phi) is 5.05. The maximum Gasteiger partial charge on any atom is 0.172 e. The molecule has 0 aromatic rings. The lowest BCUT2D eigenvalue weighted by Crippen LogP contribution is -2.45. The third-order valence-electron chi connectivity index (χ3n) is 8.47. The van der Waals surface area contributed by atoms with E-state index >= 15 is 0 Å². The molecule has 0 radical (unpaired) electrons. The lowest BCUT2D eigenvalue weighted by Gasteiger charge is -2.45. The highest BCUT2D eigenvalue weighted by Crippen LogP contribution is 2.60. The fourth-order valence-electron chi connectivity index (χ4n) is 6.81. The molecular weight excluding hydrogens is 364 g/mol. The standard InChI is InChI=1S/C25H36O4/c1-18-10-12-25(28-15-16-29-25)17-20(18)7-6-19-5-4-11-23(2)21(19)8-9-22(23)24(3)26-13-14-27-24/h5-7,21-22H,4,8-17H2,1-3H3/b7-6+/t21-,22-,23-/m0/s1. The number of ether oxygens (including phenoxy) is 4. The van der Waals surface area contributed by atoms with Gasteiger partial charge >= 0.3 is 0 Å². The summed E-state index contributed by atoms with van der Waals surface area (Å²) in [5.74, 6) is 0.305. The Morgan fingerprint density at radius 2 is 1.66 bits per heavy atom. The summed E-state index contributed by atoms with van der Waals surface area (Å²) in [6, 6.07) is 0. The van der Waals surface area contributed by atoms with Crippen molar-refractivity contribution in [3.05, 3.63) is 34.9 Å². The minimum absolute atomic E-state index is 0.252. The van der Waals surface area contributed by atoms with Gasteiger partial charge in [-0.25, -0.2) is 0 Å². The molecule has 29 heavy (non-hydrogen) atoms. The molecule has 1 spiro atoms. The molecule has 5 rings (SSSR count). The van der Waals surface area contributed by atoms with Crippen LogP contribution in [0.5, 0.6) is 0 Å². The van der Waals surface area contributed by atoms with Crippen LogP contribution in [-0.2, 0) is 18.9 Å². The van der Waals surface area contributed by atoms with E-state index in [0.29, 0.717) is 11.8 Å². The molecule has 3 fully saturated rings. The molecule has 4 nitrogen and oxygen atoms in total. The van der Waals surface area contributed by atoms with Gasteiger partial charge in [0, 0.05) is 18.8 Å². The fourth-order valence-corrected chi connectivity index (χ4v) is 6.81. The summed E-state index contributed by atoms with van der Waals surface area (Å²) in [7, 11) is 0. The van der Waals surface area contributed by atoms with E-state index in [1.807, 2.05) is 0 Å². The first kappa shape index (κ1) is 20.0. The topological polar surface area (TPSA) is 36.9 Å². The summed E-state index contributed by atoms with van der Waals surface area (Å²) in [6.45, 7) is 9.83. The minimum Gasteiger partial charge on any atom is -0.348 e. The molecule has 0 N–H and O–H groups in total. The first-order valence-corrected chi connectivity index (χ1v) is 11.6. The van der Waals surface area contributed by atoms with Crippen molar-refractivity contribution in [2.75, 3.05) is 26.4 Å². The second-order valence-corrected chi connectivity index (χ2v) is 10.1. The predicted molar refractivity (Wildman–Crippen MR) is 112 cm³/mol. The van der Waals surface area contributed by atoms with Crippen LogP contribution in [0.15, 0.2) is 34.9 Å². The summed E-state index contributed by atoms with van der Waals surface area (Å²) in [5.41, 5.74) is 4.64. The lowest BCUT2D eigenvalue weighted by molar-refractivity contribution is -0.205. The van der Waals surface area contributed by atoms with Crippen LogP contribution in [-0.4, -0.2) is 38.0 Å². The van der Waals surface area contributed by atoms with E-state index in [4.69, 9.17) is 18.9 Å². The molecule has 2 heterocycles. The van der Waals surface area contributed by atoms with Crippen molar-refractivity contribution >= 4 is 0 Å². The first-order chi connectivity index (χ1) is 13.9. The van der Waals surface area contributed by atoms with Gasteiger partial charge in [0.15, 0.2) is 11.6 Å². The molecule has 2 aliphatic heterocycles. The highest BCUT2D eigenvalue weighted by atomic mass is 16.7. The molecule has 0 amide bonds. The van der Waals surface area contributed by atoms with Gasteiger partial charge in [-0.3, -0.25) is 0 Å². The molecule has 0 unspecified atom stereocenters. The Balaban J connectivity index is 1.35. The third-order valence-corrected chi connectivity index (χ3v) is 8.47. The number of hydrogen-bond donors (Lipinski definition) is 0. The summed E-state index contributed by atoms with van der Waals surface area (Å²) in [5, 5.41) is 0. The Morgan fingerprint density at radius 1 is 0.931 bits per heavy atom. The Hall–Kier alpha value is -0.940. The van der Waals surface area contributed by atoms with Crippen LogP contribution in [0.1, 0.15) is 65.7 Å². The molecule has 1 saturated carbocycles. The highest BCUT2D eigenvalue weighted by molar-refractivity contribution is 5.37. The quantitative estimate of drug-likeness (QED) is 0.644. The van der Waals surface area contributed by atoms with Gasteiger partial charge < -0.3 is 18.9 Å². The molecule has 0 bridgehead atoms. The van der Waals surface area contributed by atoms with Crippen LogP contribution >= 0.6 is 0 Å². The van der Waals surface area contributed by atoms with Gasteiger partial charge in [-0.2, -0.15) is 0 Å². The van der Waals surface area contributed by atoms with Gasteiger partial charge in [-0.15, -0.1) is 0 Å². The second-order valence-electron chi connectivity index (χ2n) is 10.1. The number of rotatable bonds is 3. The molecular formula is C25H36O4. The average molecular weight is 401 g/mol. The number of allylic oxidation sites excluding steroid dienone is 5. The molecule has 5 aliphatic rings. The van der Waals surface area contributed by atoms with E-state index in [1.165, 1.54) is 36.0 Å². The summed E-state index contributed by atoms with van der Waals surface area (Å²) < 4.78 is 24.2. The SMILES string of the molecule is CC1=C(/C=C/C2=CCC[C@]3(C)[C@@H](C4(C)OCCO4)CC[C@@H]23)CC2(CC1)OCCO2. The lowest BCUT2D eigenvalue weighted by atomic mass is 9.63. The zero-order chi connectivity index (χ0) is 20.1. The molecule has 4 heteroatoms. The van der Waals surface area contributed by atoms with Crippen molar-refractivity contribution in [3.8, 4) is 0 Å². The van der Waals surface area contributed by atoms with Crippen molar-refractivity contribution in [1.29, 1.82) is 0 Å². The van der Waals surface area contributed by atoms with Crippen LogP contribution in [0.3, 0.4) is 0 Å². The van der Waals surface area contributed by atoms with Crippen LogP contribution in [0.25, 0.3) is 0 Å². The molecule has 3 aliphatic carbocycles. The highest BCUT2D eigenvalue weighted by Gasteiger charge is 2.57. The van der Waals surface area contributed by atoms with Crippen LogP contribution in [0.4, 0.5) is 0 Å². The molecule has 0 aromatic carbocycles. The third kappa shape index (κ3) is 3.37. The van der Waals surface area contributed by atoms with Crippen molar-refractivity contribution in [3.63, 3.8) is 0 Å². The summed E-state index contributed by atoms with van der Waals surface area (Å²) in [4.78, 5) is 0. The number of hydrogen-bond acceptors (Lipinski definition) is 4. The van der Waals surface area contributed by atoms with E-state index < -0.39 is 5.79 Å². The Morgan fingerprint density at radius 3 is 2.41 bits per heavy atom. The second kappa shape index (κ2) is 7.33. The minimum atomic E-state index is -0.401. The summed E-state index contributed by atoms with van der Waals surface area (Å²) in [6.07, 6.45) is 15.0. The van der Waals surface area contributed by atoms with Crippen molar-refractivity contribution < 1.29 is 18.9 Å².